The second kappa shape index (κ2) is 4.55. The van der Waals surface area contributed by atoms with Gasteiger partial charge in [0.05, 0.1) is 0 Å². The number of nitrogens with zero attached hydrogens (tertiary/aromatic N) is 3. The van der Waals surface area contributed by atoms with E-state index in [1.54, 1.807) is 18.2 Å². The van der Waals surface area contributed by atoms with Gasteiger partial charge in [0.15, 0.2) is 12.4 Å². The Morgan fingerprint density at radius 1 is 1.26 bits per heavy atom. The molecule has 1 heterocycles. The predicted molar refractivity (Wildman–Crippen MR) is 61.5 cm³/mol. The minimum atomic E-state index is -1.03. The summed E-state index contributed by atoms with van der Waals surface area (Å²) >= 11 is 0. The summed E-state index contributed by atoms with van der Waals surface area (Å²) in [5.74, 6) is -0.836. The monoisotopic (exact) mass is 251 g/mol. The number of allylic oxidation sites excluding steroid dienone is 1. The third-order valence-corrected chi connectivity index (χ3v) is 2.48. The summed E-state index contributed by atoms with van der Waals surface area (Å²) < 4.78 is 1.21. The van der Waals surface area contributed by atoms with Gasteiger partial charge in [0, 0.05) is 17.4 Å². The van der Waals surface area contributed by atoms with E-state index < -0.39 is 16.6 Å². The van der Waals surface area contributed by atoms with Crippen LogP contribution >= 0.6 is 0 Å². The van der Waals surface area contributed by atoms with Crippen LogP contribution in [0, 0.1) is 22.7 Å². The highest BCUT2D eigenvalue weighted by Crippen LogP contribution is 2.07. The molecule has 6 nitrogen and oxygen atoms in total. The third kappa shape index (κ3) is 1.99. The zero-order valence-corrected chi connectivity index (χ0v) is 9.45. The summed E-state index contributed by atoms with van der Waals surface area (Å²) in [5, 5.41) is 28.5. The lowest BCUT2D eigenvalue weighted by Gasteiger charge is -2.08. The maximum atomic E-state index is 11.3. The highest BCUT2D eigenvalue weighted by Gasteiger charge is 2.22. The van der Waals surface area contributed by atoms with Crippen molar-refractivity contribution < 1.29 is 9.67 Å². The molecule has 0 spiro atoms. The van der Waals surface area contributed by atoms with Gasteiger partial charge in [-0.15, -0.1) is 0 Å². The van der Waals surface area contributed by atoms with Crippen LogP contribution in [-0.2, 0) is 0 Å². The Labute approximate surface area is 107 Å². The van der Waals surface area contributed by atoms with Crippen molar-refractivity contribution >= 4 is 6.08 Å². The normalized spacial score (nSPS) is 9.58. The van der Waals surface area contributed by atoms with Crippen LogP contribution in [0.1, 0.15) is 5.56 Å². The summed E-state index contributed by atoms with van der Waals surface area (Å²) in [6.45, 7) is 0. The summed E-state index contributed by atoms with van der Waals surface area (Å²) in [5.41, 5.74) is -1.73. The van der Waals surface area contributed by atoms with Crippen molar-refractivity contribution in [1.29, 1.82) is 10.5 Å². The van der Waals surface area contributed by atoms with Gasteiger partial charge in [-0.3, -0.25) is 9.59 Å². The standard InChI is InChI=1S/C13H5N3O3/c14-5-9(6-15)4-8-2-1-3-16(7-8)10-11(17)13(19)12(10)18/h1-4,7H. The van der Waals surface area contributed by atoms with Gasteiger partial charge >= 0.3 is 0 Å². The molecule has 90 valence electrons. The molecule has 0 N–H and O–H groups in total. The number of hydrogen-bond donors (Lipinski definition) is 0. The van der Waals surface area contributed by atoms with E-state index in [2.05, 4.69) is 0 Å². The molecule has 0 aliphatic carbocycles. The van der Waals surface area contributed by atoms with Crippen LogP contribution in [0.25, 0.3) is 11.8 Å². The Bertz CT molecular complexity index is 827. The maximum Gasteiger partial charge on any atom is 0.296 e. The van der Waals surface area contributed by atoms with Gasteiger partial charge in [-0.1, -0.05) is 0 Å². The van der Waals surface area contributed by atoms with Crippen LogP contribution in [0.5, 0.6) is 5.75 Å². The molecule has 0 saturated carbocycles. The van der Waals surface area contributed by atoms with E-state index in [9.17, 15) is 14.7 Å². The highest BCUT2D eigenvalue weighted by atomic mass is 16.3. The number of rotatable bonds is 2. The van der Waals surface area contributed by atoms with Crippen LogP contribution in [0.3, 0.4) is 0 Å². The molecule has 1 aromatic carbocycles. The molecule has 1 aromatic heterocycles. The van der Waals surface area contributed by atoms with E-state index in [0.29, 0.717) is 5.56 Å². The lowest BCUT2D eigenvalue weighted by atomic mass is 10.1. The first kappa shape index (κ1) is 12.2. The van der Waals surface area contributed by atoms with Gasteiger partial charge in [0.2, 0.25) is 5.43 Å². The summed E-state index contributed by atoms with van der Waals surface area (Å²) in [7, 11) is 0. The van der Waals surface area contributed by atoms with Gasteiger partial charge in [0.25, 0.3) is 11.1 Å². The van der Waals surface area contributed by atoms with E-state index >= 15 is 0 Å². The average molecular weight is 251 g/mol. The zero-order chi connectivity index (χ0) is 14.0. The fourth-order valence-electron chi connectivity index (χ4n) is 1.57. The van der Waals surface area contributed by atoms with E-state index in [1.165, 1.54) is 29.1 Å². The second-order valence-corrected chi connectivity index (χ2v) is 3.66. The molecule has 0 aliphatic heterocycles. The van der Waals surface area contributed by atoms with Crippen molar-refractivity contribution in [2.75, 3.05) is 0 Å². The summed E-state index contributed by atoms with van der Waals surface area (Å²) in [4.78, 5) is 22.1. The number of pyridine rings is 1. The van der Waals surface area contributed by atoms with Crippen molar-refractivity contribution in [3.05, 3.63) is 56.1 Å². The molecule has 6 heteroatoms. The van der Waals surface area contributed by atoms with Crippen molar-refractivity contribution in [3.8, 4) is 23.6 Å². The summed E-state index contributed by atoms with van der Waals surface area (Å²) in [6.07, 6.45) is 4.14. The van der Waals surface area contributed by atoms with Crippen LogP contribution in [0.15, 0.2) is 39.7 Å². The largest absolute Gasteiger partial charge is 0.865 e. The van der Waals surface area contributed by atoms with Crippen LogP contribution in [-0.4, -0.2) is 0 Å². The fraction of sp³-hybridized carbons (Fsp3) is 0. The average Bonchev–Trinajstić information content (AvgIpc) is 2.45. The molecular formula is C13H5N3O3. The SMILES string of the molecule is N#CC(C#N)=Cc1ccc[n+](-c2c([O-])c(=O)c2=O)c1. The first-order valence-corrected chi connectivity index (χ1v) is 5.12. The van der Waals surface area contributed by atoms with Gasteiger partial charge in [0.1, 0.15) is 17.7 Å². The number of nitriles is 2. The Hall–Kier alpha value is -3.25. The Morgan fingerprint density at radius 2 is 1.95 bits per heavy atom. The highest BCUT2D eigenvalue weighted by molar-refractivity contribution is 5.60. The molecule has 2 aromatic rings. The topological polar surface area (TPSA) is 109 Å². The minimum Gasteiger partial charge on any atom is -0.865 e. The van der Waals surface area contributed by atoms with Gasteiger partial charge in [-0.05, 0) is 12.1 Å². The van der Waals surface area contributed by atoms with E-state index in [4.69, 9.17) is 10.5 Å². The smallest absolute Gasteiger partial charge is 0.296 e. The molecule has 0 radical (unpaired) electrons. The minimum absolute atomic E-state index is 0.106. The first-order valence-electron chi connectivity index (χ1n) is 5.12. The molecule has 0 atom stereocenters. The van der Waals surface area contributed by atoms with Gasteiger partial charge in [-0.25, -0.2) is 0 Å². The van der Waals surface area contributed by atoms with Crippen molar-refractivity contribution in [3.63, 3.8) is 0 Å². The quantitative estimate of drug-likeness (QED) is 0.389. The van der Waals surface area contributed by atoms with E-state index in [0.717, 1.165) is 0 Å². The molecule has 0 saturated heterocycles. The lowest BCUT2D eigenvalue weighted by Crippen LogP contribution is -2.49. The third-order valence-electron chi connectivity index (χ3n) is 2.48. The van der Waals surface area contributed by atoms with Crippen molar-refractivity contribution in [1.82, 2.24) is 0 Å². The molecule has 19 heavy (non-hydrogen) atoms. The predicted octanol–water partition coefficient (Wildman–Crippen LogP) is -0.937. The molecule has 0 unspecified atom stereocenters. The van der Waals surface area contributed by atoms with Gasteiger partial charge in [-0.2, -0.15) is 15.1 Å². The van der Waals surface area contributed by atoms with Crippen LogP contribution < -0.4 is 20.5 Å². The van der Waals surface area contributed by atoms with E-state index in [1.807, 2.05) is 0 Å². The zero-order valence-electron chi connectivity index (χ0n) is 9.45. The van der Waals surface area contributed by atoms with Crippen LogP contribution in [0.2, 0.25) is 0 Å². The molecular weight excluding hydrogens is 246 g/mol. The van der Waals surface area contributed by atoms with Crippen molar-refractivity contribution in [2.24, 2.45) is 0 Å². The Balaban J connectivity index is 2.52. The van der Waals surface area contributed by atoms with Crippen molar-refractivity contribution in [2.45, 2.75) is 0 Å². The summed E-state index contributed by atoms with van der Waals surface area (Å²) in [6, 6.07) is 6.53. The Morgan fingerprint density at radius 3 is 2.53 bits per heavy atom. The molecule has 0 bridgehead atoms. The molecule has 0 amide bonds. The van der Waals surface area contributed by atoms with E-state index in [-0.39, 0.29) is 11.3 Å². The first-order chi connectivity index (χ1) is 9.08. The molecule has 0 aliphatic rings. The fourth-order valence-corrected chi connectivity index (χ4v) is 1.57. The molecule has 0 fully saturated rings. The lowest BCUT2D eigenvalue weighted by molar-refractivity contribution is -0.602. The molecule has 2 rings (SSSR count). The maximum absolute atomic E-state index is 11.3. The van der Waals surface area contributed by atoms with Crippen LogP contribution in [0.4, 0.5) is 0 Å². The Kier molecular flexibility index (Phi) is 2.93. The number of hydrogen-bond acceptors (Lipinski definition) is 5. The number of aromatic nitrogens is 1. The van der Waals surface area contributed by atoms with Gasteiger partial charge < -0.3 is 5.11 Å². The second-order valence-electron chi connectivity index (χ2n) is 3.66.